The van der Waals surface area contributed by atoms with Crippen molar-refractivity contribution in [1.82, 2.24) is 0 Å². The lowest BCUT2D eigenvalue weighted by atomic mass is 10.0. The highest BCUT2D eigenvalue weighted by Gasteiger charge is 1.96. The molecule has 0 amide bonds. The van der Waals surface area contributed by atoms with E-state index in [0.717, 1.165) is 12.5 Å². The summed E-state index contributed by atoms with van der Waals surface area (Å²) < 4.78 is 0. The van der Waals surface area contributed by atoms with Gasteiger partial charge in [-0.2, -0.15) is 0 Å². The van der Waals surface area contributed by atoms with E-state index in [-0.39, 0.29) is 0 Å². The molecule has 0 aliphatic rings. The average molecular weight is 405 g/mol. The van der Waals surface area contributed by atoms with Gasteiger partial charge in [0.1, 0.15) is 0 Å². The Morgan fingerprint density at radius 2 is 0.929 bits per heavy atom. The molecule has 172 valence electrons. The largest absolute Gasteiger partial charge is 0.331 e. The Morgan fingerprint density at radius 3 is 1.14 bits per heavy atom. The normalized spacial score (nSPS) is 10.1. The van der Waals surface area contributed by atoms with Crippen LogP contribution in [0, 0.1) is 16.0 Å². The van der Waals surface area contributed by atoms with Crippen molar-refractivity contribution in [3.05, 3.63) is 10.1 Å². The molecule has 0 saturated carbocycles. The fraction of sp³-hybridized carbons (Fsp3) is 1.00. The Labute approximate surface area is 176 Å². The molecule has 0 heterocycles. The Kier molecular flexibility index (Phi) is 35.1. The number of hydrogen-bond acceptors (Lipinski definition) is 3. The van der Waals surface area contributed by atoms with E-state index in [4.69, 9.17) is 21.1 Å². The van der Waals surface area contributed by atoms with Crippen LogP contribution in [0.2, 0.25) is 0 Å². The van der Waals surface area contributed by atoms with E-state index in [1.54, 1.807) is 0 Å². The van der Waals surface area contributed by atoms with Crippen molar-refractivity contribution in [3.8, 4) is 0 Å². The summed E-state index contributed by atoms with van der Waals surface area (Å²) in [5, 5.41) is 13.6. The Hall–Kier alpha value is -0.840. The van der Waals surface area contributed by atoms with Gasteiger partial charge in [0, 0.05) is 0 Å². The van der Waals surface area contributed by atoms with E-state index in [0.29, 0.717) is 0 Å². The molecule has 0 aromatic rings. The van der Waals surface area contributed by atoms with Gasteiger partial charge in [-0.05, 0) is 12.5 Å². The summed E-state index contributed by atoms with van der Waals surface area (Å²) in [6, 6.07) is 0. The first-order valence-electron chi connectivity index (χ1n) is 12.0. The third-order valence-corrected chi connectivity index (χ3v) is 4.64. The summed E-state index contributed by atoms with van der Waals surface area (Å²) in [7, 11) is 0. The molecule has 0 spiro atoms. The molecule has 3 N–H and O–H groups in total. The van der Waals surface area contributed by atoms with Gasteiger partial charge in [-0.15, -0.1) is 10.1 Å². The van der Waals surface area contributed by atoms with Crippen LogP contribution in [0.3, 0.4) is 0 Å². The van der Waals surface area contributed by atoms with Gasteiger partial charge in [0.15, 0.2) is 0 Å². The summed E-state index contributed by atoms with van der Waals surface area (Å²) in [4.78, 5) is 8.36. The zero-order chi connectivity index (χ0) is 21.9. The lowest BCUT2D eigenvalue weighted by molar-refractivity contribution is -0.742. The van der Waals surface area contributed by atoms with Crippen LogP contribution >= 0.6 is 0 Å². The van der Waals surface area contributed by atoms with Crippen molar-refractivity contribution >= 4 is 0 Å². The topological polar surface area (TPSA) is 89.4 Å². The fourth-order valence-corrected chi connectivity index (χ4v) is 3.10. The van der Waals surface area contributed by atoms with Crippen LogP contribution in [-0.2, 0) is 0 Å². The molecule has 0 aromatic heterocycles. The van der Waals surface area contributed by atoms with E-state index < -0.39 is 5.09 Å². The summed E-state index contributed by atoms with van der Waals surface area (Å²) in [6.07, 6.45) is 25.0. The van der Waals surface area contributed by atoms with Crippen molar-refractivity contribution in [2.45, 2.75) is 137 Å². The molecular weight excluding hydrogens is 352 g/mol. The van der Waals surface area contributed by atoms with E-state index in [1.165, 1.54) is 109 Å². The summed E-state index contributed by atoms with van der Waals surface area (Å²) in [5.74, 6) is 0.900. The zero-order valence-electron chi connectivity index (χ0n) is 19.6. The minimum atomic E-state index is -1.50. The molecule has 28 heavy (non-hydrogen) atoms. The van der Waals surface area contributed by atoms with Crippen molar-refractivity contribution in [1.29, 1.82) is 0 Å². The van der Waals surface area contributed by atoms with E-state index in [2.05, 4.69) is 20.8 Å². The van der Waals surface area contributed by atoms with Crippen LogP contribution in [0.4, 0.5) is 0 Å². The quantitative estimate of drug-likeness (QED) is 0.146. The molecule has 0 atom stereocenters. The molecule has 5 heteroatoms. The molecule has 0 saturated heterocycles. The number of hydrogen-bond donors (Lipinski definition) is 2. The van der Waals surface area contributed by atoms with Gasteiger partial charge in [0.2, 0.25) is 0 Å². The van der Waals surface area contributed by atoms with Gasteiger partial charge in [-0.25, -0.2) is 0 Å². The highest BCUT2D eigenvalue weighted by molar-refractivity contribution is 4.51. The Morgan fingerprint density at radius 1 is 0.714 bits per heavy atom. The van der Waals surface area contributed by atoms with Gasteiger partial charge >= 0.3 is 0 Å². The van der Waals surface area contributed by atoms with Crippen molar-refractivity contribution in [2.24, 2.45) is 11.7 Å². The first-order chi connectivity index (χ1) is 13.4. The summed E-state index contributed by atoms with van der Waals surface area (Å²) in [5.41, 5.74) is 4.85. The van der Waals surface area contributed by atoms with Crippen LogP contribution in [0.15, 0.2) is 0 Å². The van der Waals surface area contributed by atoms with E-state index in [9.17, 15) is 0 Å². The monoisotopic (exact) mass is 404 g/mol. The van der Waals surface area contributed by atoms with Gasteiger partial charge in [0.25, 0.3) is 5.09 Å². The molecule has 0 unspecified atom stereocenters. The second-order valence-corrected chi connectivity index (χ2v) is 8.13. The summed E-state index contributed by atoms with van der Waals surface area (Å²) >= 11 is 0. The molecule has 0 bridgehead atoms. The predicted octanol–water partition coefficient (Wildman–Crippen LogP) is 7.91. The van der Waals surface area contributed by atoms with Crippen LogP contribution in [0.5, 0.6) is 0 Å². The molecule has 0 aromatic carbocycles. The smallest absolute Gasteiger partial charge is 0.291 e. The van der Waals surface area contributed by atoms with Crippen LogP contribution in [0.25, 0.3) is 0 Å². The van der Waals surface area contributed by atoms with Gasteiger partial charge in [-0.1, -0.05) is 137 Å². The molecular formula is C23H52N2O3. The first-order valence-corrected chi connectivity index (χ1v) is 12.0. The minimum Gasteiger partial charge on any atom is -0.331 e. The molecule has 0 radical (unpaired) electrons. The lowest BCUT2D eigenvalue weighted by Gasteiger charge is -2.05. The predicted molar refractivity (Wildman–Crippen MR) is 123 cm³/mol. The Bertz CT molecular complexity index is 271. The van der Waals surface area contributed by atoms with E-state index >= 15 is 0 Å². The zero-order valence-corrected chi connectivity index (χ0v) is 19.6. The van der Waals surface area contributed by atoms with Gasteiger partial charge < -0.3 is 10.9 Å². The average Bonchev–Trinajstić information content (AvgIpc) is 2.61. The SMILES string of the molecule is CCCCCCCCCCCCCCCCCCC(C)C.CCN.O=[N+]([O-])O. The highest BCUT2D eigenvalue weighted by Crippen LogP contribution is 2.14. The molecule has 5 nitrogen and oxygen atoms in total. The molecule has 0 rings (SSSR count). The highest BCUT2D eigenvalue weighted by atomic mass is 16.9. The maximum Gasteiger partial charge on any atom is 0.291 e. The summed E-state index contributed by atoms with van der Waals surface area (Å²) in [6.45, 7) is 9.63. The maximum atomic E-state index is 8.36. The van der Waals surface area contributed by atoms with Crippen LogP contribution in [-0.4, -0.2) is 16.8 Å². The second kappa shape index (κ2) is 30.9. The second-order valence-electron chi connectivity index (χ2n) is 8.13. The van der Waals surface area contributed by atoms with Crippen molar-refractivity contribution in [3.63, 3.8) is 0 Å². The van der Waals surface area contributed by atoms with Gasteiger partial charge in [0.05, 0.1) is 0 Å². The molecule has 0 aliphatic carbocycles. The third kappa shape index (κ3) is 49.9. The Balaban J connectivity index is -0.000000766. The lowest BCUT2D eigenvalue weighted by Crippen LogP contribution is -1.87. The number of nitrogens with zero attached hydrogens (tertiary/aromatic N) is 1. The van der Waals surface area contributed by atoms with Crippen LogP contribution < -0.4 is 5.73 Å². The standard InChI is InChI=1S/C21H44.C2H7N.HNO3/c1-4-5-6-7-8-9-10-11-12-13-14-15-16-17-18-19-20-21(2)3;1-2-3;2-1(3)4/h21H,4-20H2,1-3H3;2-3H2,1H3;(H,2,3,4). The third-order valence-electron chi connectivity index (χ3n) is 4.64. The number of unbranched alkanes of at least 4 members (excludes halogenated alkanes) is 15. The first kappa shape index (κ1) is 31.8. The molecule has 0 fully saturated rings. The minimum absolute atomic E-state index is 0.750. The molecule has 0 aliphatic heterocycles. The van der Waals surface area contributed by atoms with Crippen LogP contribution in [0.1, 0.15) is 137 Å². The van der Waals surface area contributed by atoms with Crippen molar-refractivity contribution in [2.75, 3.05) is 6.54 Å². The van der Waals surface area contributed by atoms with E-state index in [1.807, 2.05) is 6.92 Å². The fourth-order valence-electron chi connectivity index (χ4n) is 3.10. The van der Waals surface area contributed by atoms with Gasteiger partial charge in [-0.3, -0.25) is 0 Å². The number of nitrogens with two attached hydrogens (primary N) is 1. The maximum absolute atomic E-state index is 8.36. The number of rotatable bonds is 17. The van der Waals surface area contributed by atoms with Crippen molar-refractivity contribution < 1.29 is 10.3 Å².